The number of ketones is 3. The molecule has 16 heavy (non-hydrogen) atoms. The molecule has 0 aromatic heterocycles. The van der Waals surface area contributed by atoms with Crippen molar-refractivity contribution in [3.05, 3.63) is 0 Å². The van der Waals surface area contributed by atoms with E-state index in [1.165, 1.54) is 0 Å². The van der Waals surface area contributed by atoms with Gasteiger partial charge < -0.3 is 0 Å². The van der Waals surface area contributed by atoms with Crippen LogP contribution in [0, 0.1) is 5.92 Å². The molecule has 90 valence electrons. The van der Waals surface area contributed by atoms with Crippen LogP contribution in [0.5, 0.6) is 0 Å². The van der Waals surface area contributed by atoms with Crippen LogP contribution in [0.1, 0.15) is 58.3 Å². The zero-order valence-electron chi connectivity index (χ0n) is 9.96. The van der Waals surface area contributed by atoms with Crippen molar-refractivity contribution in [1.29, 1.82) is 0 Å². The summed E-state index contributed by atoms with van der Waals surface area (Å²) in [4.78, 5) is 35.1. The quantitative estimate of drug-likeness (QED) is 0.409. The maximum atomic E-state index is 11.8. The summed E-state index contributed by atoms with van der Waals surface area (Å²) in [6.45, 7) is 2.06. The Morgan fingerprint density at radius 3 is 2.19 bits per heavy atom. The number of carbonyl (C=O) groups excluding carboxylic acids is 3. The van der Waals surface area contributed by atoms with E-state index in [4.69, 9.17) is 0 Å². The normalized spacial score (nSPS) is 18.6. The number of hydrogen-bond acceptors (Lipinski definition) is 3. The minimum absolute atomic E-state index is 0.148. The Hall–Kier alpha value is -0.990. The van der Waals surface area contributed by atoms with Gasteiger partial charge in [-0.1, -0.05) is 19.8 Å². The third-order valence-corrected chi connectivity index (χ3v) is 3.09. The highest BCUT2D eigenvalue weighted by Gasteiger charge is 2.33. The van der Waals surface area contributed by atoms with E-state index in [0.29, 0.717) is 19.3 Å². The smallest absolute Gasteiger partial charge is 0.150 e. The van der Waals surface area contributed by atoms with Crippen LogP contribution in [0.2, 0.25) is 0 Å². The fourth-order valence-corrected chi connectivity index (χ4v) is 2.12. The summed E-state index contributed by atoms with van der Waals surface area (Å²) in [6, 6.07) is 0. The van der Waals surface area contributed by atoms with Crippen molar-refractivity contribution >= 4 is 17.3 Å². The van der Waals surface area contributed by atoms with Gasteiger partial charge >= 0.3 is 0 Å². The SMILES string of the molecule is CCCCCC(=O)C1C(=O)CCCCC1=O. The molecule has 0 unspecified atom stereocenters. The number of carbonyl (C=O) groups is 3. The van der Waals surface area contributed by atoms with Gasteiger partial charge in [-0.15, -0.1) is 0 Å². The molecule has 1 aliphatic carbocycles. The fraction of sp³-hybridized carbons (Fsp3) is 0.769. The average Bonchev–Trinajstić information content (AvgIpc) is 2.40. The Kier molecular flexibility index (Phi) is 5.36. The maximum absolute atomic E-state index is 11.8. The Morgan fingerprint density at radius 2 is 1.69 bits per heavy atom. The van der Waals surface area contributed by atoms with Crippen LogP contribution in [0.3, 0.4) is 0 Å². The molecule has 0 aliphatic heterocycles. The molecule has 0 amide bonds. The fourth-order valence-electron chi connectivity index (χ4n) is 2.12. The van der Waals surface area contributed by atoms with E-state index < -0.39 is 5.92 Å². The first kappa shape index (κ1) is 13.1. The minimum atomic E-state index is -0.917. The summed E-state index contributed by atoms with van der Waals surface area (Å²) in [6.07, 6.45) is 5.52. The zero-order valence-corrected chi connectivity index (χ0v) is 9.96. The Bertz CT molecular complexity index is 263. The van der Waals surface area contributed by atoms with Crippen molar-refractivity contribution in [1.82, 2.24) is 0 Å². The number of unbranched alkanes of at least 4 members (excludes halogenated alkanes) is 2. The van der Waals surface area contributed by atoms with E-state index in [-0.39, 0.29) is 17.3 Å². The highest BCUT2D eigenvalue weighted by atomic mass is 16.2. The molecular weight excluding hydrogens is 204 g/mol. The average molecular weight is 224 g/mol. The van der Waals surface area contributed by atoms with Crippen LogP contribution >= 0.6 is 0 Å². The van der Waals surface area contributed by atoms with E-state index in [0.717, 1.165) is 32.1 Å². The summed E-state index contributed by atoms with van der Waals surface area (Å²) in [5, 5.41) is 0. The van der Waals surface area contributed by atoms with E-state index in [1.807, 2.05) is 0 Å². The van der Waals surface area contributed by atoms with Gasteiger partial charge in [0.05, 0.1) is 0 Å². The van der Waals surface area contributed by atoms with Crippen molar-refractivity contribution < 1.29 is 14.4 Å². The van der Waals surface area contributed by atoms with Gasteiger partial charge in [0.15, 0.2) is 17.3 Å². The van der Waals surface area contributed by atoms with Crippen molar-refractivity contribution in [3.8, 4) is 0 Å². The molecule has 1 saturated carbocycles. The van der Waals surface area contributed by atoms with Crippen LogP contribution in [-0.4, -0.2) is 17.3 Å². The highest BCUT2D eigenvalue weighted by Crippen LogP contribution is 2.20. The summed E-state index contributed by atoms with van der Waals surface area (Å²) in [5.74, 6) is -1.36. The van der Waals surface area contributed by atoms with E-state index in [1.54, 1.807) is 0 Å². The van der Waals surface area contributed by atoms with Gasteiger partial charge in [-0.25, -0.2) is 0 Å². The summed E-state index contributed by atoms with van der Waals surface area (Å²) >= 11 is 0. The molecular formula is C13H20O3. The van der Waals surface area contributed by atoms with Crippen molar-refractivity contribution in [2.24, 2.45) is 5.92 Å². The molecule has 0 heterocycles. The van der Waals surface area contributed by atoms with Crippen LogP contribution < -0.4 is 0 Å². The Morgan fingerprint density at radius 1 is 1.12 bits per heavy atom. The third-order valence-electron chi connectivity index (χ3n) is 3.09. The van der Waals surface area contributed by atoms with Gasteiger partial charge in [0.2, 0.25) is 0 Å². The zero-order chi connectivity index (χ0) is 12.0. The Balaban J connectivity index is 2.56. The summed E-state index contributed by atoms with van der Waals surface area (Å²) < 4.78 is 0. The maximum Gasteiger partial charge on any atom is 0.150 e. The Labute approximate surface area is 96.6 Å². The predicted octanol–water partition coefficient (Wildman–Crippen LogP) is 2.46. The van der Waals surface area contributed by atoms with Gasteiger partial charge in [-0.05, 0) is 19.3 Å². The number of rotatable bonds is 5. The molecule has 0 atom stereocenters. The molecule has 1 aliphatic rings. The second-order valence-electron chi connectivity index (χ2n) is 4.50. The molecule has 0 aromatic rings. The third kappa shape index (κ3) is 3.54. The summed E-state index contributed by atoms with van der Waals surface area (Å²) in [7, 11) is 0. The van der Waals surface area contributed by atoms with E-state index in [2.05, 4.69) is 6.92 Å². The lowest BCUT2D eigenvalue weighted by Gasteiger charge is -2.10. The van der Waals surface area contributed by atoms with Crippen LogP contribution in [0.15, 0.2) is 0 Å². The van der Waals surface area contributed by atoms with Crippen LogP contribution in [0.25, 0.3) is 0 Å². The van der Waals surface area contributed by atoms with Gasteiger partial charge in [0.1, 0.15) is 5.92 Å². The highest BCUT2D eigenvalue weighted by molar-refractivity contribution is 6.19. The van der Waals surface area contributed by atoms with E-state index >= 15 is 0 Å². The molecule has 0 spiro atoms. The molecule has 0 aromatic carbocycles. The van der Waals surface area contributed by atoms with Gasteiger partial charge in [0.25, 0.3) is 0 Å². The minimum Gasteiger partial charge on any atom is -0.298 e. The van der Waals surface area contributed by atoms with E-state index in [9.17, 15) is 14.4 Å². The second kappa shape index (κ2) is 6.56. The largest absolute Gasteiger partial charge is 0.298 e. The first-order valence-corrected chi connectivity index (χ1v) is 6.25. The lowest BCUT2D eigenvalue weighted by Crippen LogP contribution is -2.30. The molecule has 3 heteroatoms. The molecule has 0 radical (unpaired) electrons. The number of Topliss-reactive ketones (excluding diaryl/α,β-unsaturated/α-hetero) is 3. The number of hydrogen-bond donors (Lipinski definition) is 0. The lowest BCUT2D eigenvalue weighted by atomic mass is 9.90. The van der Waals surface area contributed by atoms with Gasteiger partial charge in [-0.2, -0.15) is 0 Å². The molecule has 0 N–H and O–H groups in total. The van der Waals surface area contributed by atoms with Gasteiger partial charge in [-0.3, -0.25) is 14.4 Å². The second-order valence-corrected chi connectivity index (χ2v) is 4.50. The summed E-state index contributed by atoms with van der Waals surface area (Å²) in [5.41, 5.74) is 0. The predicted molar refractivity (Wildman–Crippen MR) is 61.1 cm³/mol. The first-order chi connectivity index (χ1) is 7.66. The van der Waals surface area contributed by atoms with Gasteiger partial charge in [0, 0.05) is 19.3 Å². The van der Waals surface area contributed by atoms with Crippen LogP contribution in [0.4, 0.5) is 0 Å². The standard InChI is InChI=1S/C13H20O3/c1-2-3-4-7-10(14)13-11(15)8-5-6-9-12(13)16/h13H,2-9H2,1H3. The molecule has 0 saturated heterocycles. The molecule has 1 rings (SSSR count). The molecule has 3 nitrogen and oxygen atoms in total. The van der Waals surface area contributed by atoms with Crippen molar-refractivity contribution in [3.63, 3.8) is 0 Å². The van der Waals surface area contributed by atoms with Crippen LogP contribution in [-0.2, 0) is 14.4 Å². The molecule has 0 bridgehead atoms. The van der Waals surface area contributed by atoms with Crippen molar-refractivity contribution in [2.45, 2.75) is 58.3 Å². The monoisotopic (exact) mass is 224 g/mol. The topological polar surface area (TPSA) is 51.2 Å². The molecule has 1 fully saturated rings. The first-order valence-electron chi connectivity index (χ1n) is 6.25. The van der Waals surface area contributed by atoms with Crippen molar-refractivity contribution in [2.75, 3.05) is 0 Å². The lowest BCUT2D eigenvalue weighted by molar-refractivity contribution is -0.139.